The number of rotatable bonds is 7. The van der Waals surface area contributed by atoms with Crippen molar-refractivity contribution in [2.75, 3.05) is 6.54 Å². The monoisotopic (exact) mass is 439 g/mol. The van der Waals surface area contributed by atoms with Crippen LogP contribution < -0.4 is 5.56 Å². The number of hydrogen-bond acceptors (Lipinski definition) is 3. The molecule has 1 atom stereocenters. The Morgan fingerprint density at radius 2 is 1.81 bits per heavy atom. The van der Waals surface area contributed by atoms with E-state index in [1.807, 2.05) is 63.8 Å². The molecule has 2 aromatic carbocycles. The molecule has 0 radical (unpaired) electrons. The van der Waals surface area contributed by atoms with Crippen molar-refractivity contribution >= 4 is 28.4 Å². The van der Waals surface area contributed by atoms with Crippen LogP contribution in [0.4, 0.5) is 0 Å². The van der Waals surface area contributed by atoms with E-state index >= 15 is 0 Å². The predicted octanol–water partition coefficient (Wildman–Crippen LogP) is 5.69. The van der Waals surface area contributed by atoms with Crippen LogP contribution in [0.2, 0.25) is 5.02 Å². The minimum Gasteiger partial charge on any atom is -0.333 e. The van der Waals surface area contributed by atoms with Crippen molar-refractivity contribution in [2.24, 2.45) is 5.92 Å². The third-order valence-corrected chi connectivity index (χ3v) is 5.59. The number of fused-ring (bicyclic) bond motifs is 1. The van der Waals surface area contributed by atoms with E-state index in [1.54, 1.807) is 22.8 Å². The van der Waals surface area contributed by atoms with Gasteiger partial charge in [-0.15, -0.1) is 0 Å². The van der Waals surface area contributed by atoms with Gasteiger partial charge in [-0.3, -0.25) is 14.2 Å². The van der Waals surface area contributed by atoms with Crippen LogP contribution in [-0.4, -0.2) is 26.9 Å². The van der Waals surface area contributed by atoms with Crippen molar-refractivity contribution in [3.05, 3.63) is 69.2 Å². The highest BCUT2D eigenvalue weighted by atomic mass is 35.5. The van der Waals surface area contributed by atoms with E-state index in [9.17, 15) is 9.59 Å². The maximum atomic E-state index is 13.6. The maximum Gasteiger partial charge on any atom is 0.266 e. The van der Waals surface area contributed by atoms with Gasteiger partial charge in [0.05, 0.1) is 22.6 Å². The van der Waals surface area contributed by atoms with Crippen molar-refractivity contribution < 1.29 is 4.79 Å². The van der Waals surface area contributed by atoms with E-state index in [4.69, 9.17) is 16.6 Å². The summed E-state index contributed by atoms with van der Waals surface area (Å²) >= 11 is 6.18. The van der Waals surface area contributed by atoms with Crippen LogP contribution >= 0.6 is 11.6 Å². The van der Waals surface area contributed by atoms with E-state index in [2.05, 4.69) is 0 Å². The fourth-order valence-corrected chi connectivity index (χ4v) is 3.95. The number of benzene rings is 2. The second kappa shape index (κ2) is 9.65. The van der Waals surface area contributed by atoms with E-state index in [1.165, 1.54) is 0 Å². The summed E-state index contributed by atoms with van der Waals surface area (Å²) < 4.78 is 1.63. The van der Waals surface area contributed by atoms with Crippen molar-refractivity contribution in [2.45, 2.75) is 53.5 Å². The molecule has 1 amide bonds. The normalized spacial score (nSPS) is 12.4. The fourth-order valence-electron chi connectivity index (χ4n) is 3.78. The Bertz CT molecular complexity index is 1140. The average molecular weight is 440 g/mol. The predicted molar refractivity (Wildman–Crippen MR) is 127 cm³/mol. The number of aromatic nitrogens is 2. The van der Waals surface area contributed by atoms with Gasteiger partial charge in [0, 0.05) is 18.0 Å². The molecular weight excluding hydrogens is 410 g/mol. The van der Waals surface area contributed by atoms with Crippen LogP contribution in [0, 0.1) is 12.8 Å². The van der Waals surface area contributed by atoms with Gasteiger partial charge in [-0.2, -0.15) is 0 Å². The number of halogens is 1. The molecule has 164 valence electrons. The van der Waals surface area contributed by atoms with Crippen LogP contribution in [0.1, 0.15) is 58.0 Å². The lowest BCUT2D eigenvalue weighted by Crippen LogP contribution is -2.38. The molecule has 0 spiro atoms. The molecule has 0 saturated heterocycles. The highest BCUT2D eigenvalue weighted by Crippen LogP contribution is 2.25. The summed E-state index contributed by atoms with van der Waals surface area (Å²) in [5.41, 5.74) is 2.21. The minimum absolute atomic E-state index is 0.0697. The van der Waals surface area contributed by atoms with Crippen molar-refractivity contribution in [1.29, 1.82) is 0 Å². The van der Waals surface area contributed by atoms with E-state index < -0.39 is 0 Å². The Morgan fingerprint density at radius 1 is 1.13 bits per heavy atom. The second-order valence-corrected chi connectivity index (χ2v) is 8.91. The summed E-state index contributed by atoms with van der Waals surface area (Å²) in [5.74, 6) is 0.858. The first-order valence-electron chi connectivity index (χ1n) is 10.8. The van der Waals surface area contributed by atoms with Gasteiger partial charge in [0.15, 0.2) is 0 Å². The van der Waals surface area contributed by atoms with E-state index in [-0.39, 0.29) is 23.4 Å². The molecule has 3 rings (SSSR count). The van der Waals surface area contributed by atoms with E-state index in [0.29, 0.717) is 34.7 Å². The lowest BCUT2D eigenvalue weighted by Gasteiger charge is -2.31. The maximum absolute atomic E-state index is 13.6. The third-order valence-electron chi connectivity index (χ3n) is 5.36. The number of aryl methyl sites for hydroxylation is 1. The molecule has 1 heterocycles. The summed E-state index contributed by atoms with van der Waals surface area (Å²) in [6, 6.07) is 12.5. The number of carbonyl (C=O) groups is 1. The second-order valence-electron chi connectivity index (χ2n) is 8.47. The summed E-state index contributed by atoms with van der Waals surface area (Å²) in [4.78, 5) is 33.3. The van der Waals surface area contributed by atoms with Crippen molar-refractivity contribution in [3.63, 3.8) is 0 Å². The first-order valence-corrected chi connectivity index (χ1v) is 11.2. The quantitative estimate of drug-likeness (QED) is 0.475. The zero-order valence-electron chi connectivity index (χ0n) is 18.9. The van der Waals surface area contributed by atoms with Crippen LogP contribution in [0.25, 0.3) is 16.6 Å². The van der Waals surface area contributed by atoms with E-state index in [0.717, 1.165) is 17.7 Å². The lowest BCUT2D eigenvalue weighted by molar-refractivity contribution is -0.134. The molecule has 0 bridgehead atoms. The molecular formula is C25H30ClN3O2. The number of carbonyl (C=O) groups excluding carboxylic acids is 1. The Labute approximate surface area is 188 Å². The van der Waals surface area contributed by atoms with Gasteiger partial charge in [-0.25, -0.2) is 4.98 Å². The summed E-state index contributed by atoms with van der Waals surface area (Å²) in [6.45, 7) is 10.7. The molecule has 3 aromatic rings. The topological polar surface area (TPSA) is 55.2 Å². The largest absolute Gasteiger partial charge is 0.333 e. The molecule has 0 fully saturated rings. The first kappa shape index (κ1) is 23.0. The molecule has 0 saturated carbocycles. The van der Waals surface area contributed by atoms with Gasteiger partial charge < -0.3 is 4.90 Å². The highest BCUT2D eigenvalue weighted by molar-refractivity contribution is 6.31. The van der Waals surface area contributed by atoms with Crippen LogP contribution in [0.15, 0.2) is 47.3 Å². The van der Waals surface area contributed by atoms with Gasteiger partial charge in [-0.1, -0.05) is 50.1 Å². The molecule has 5 nitrogen and oxygen atoms in total. The summed E-state index contributed by atoms with van der Waals surface area (Å²) in [7, 11) is 0. The number of hydrogen-bond donors (Lipinski definition) is 0. The van der Waals surface area contributed by atoms with Gasteiger partial charge >= 0.3 is 0 Å². The third kappa shape index (κ3) is 4.99. The van der Waals surface area contributed by atoms with Crippen molar-refractivity contribution in [3.8, 4) is 5.69 Å². The highest BCUT2D eigenvalue weighted by Gasteiger charge is 2.26. The Hall–Kier alpha value is -2.66. The van der Waals surface area contributed by atoms with Gasteiger partial charge in [0.25, 0.3) is 5.56 Å². The summed E-state index contributed by atoms with van der Waals surface area (Å²) in [6.07, 6.45) is 1.28. The number of amides is 1. The Kier molecular flexibility index (Phi) is 7.16. The van der Waals surface area contributed by atoms with Gasteiger partial charge in [-0.05, 0) is 56.5 Å². The molecule has 0 aliphatic carbocycles. The molecule has 0 N–H and O–H groups in total. The van der Waals surface area contributed by atoms with Crippen LogP contribution in [-0.2, 0) is 4.79 Å². The fraction of sp³-hybridized carbons (Fsp3) is 0.400. The molecule has 1 aromatic heterocycles. The first-order chi connectivity index (χ1) is 14.7. The van der Waals surface area contributed by atoms with Gasteiger partial charge in [0.1, 0.15) is 5.82 Å². The van der Waals surface area contributed by atoms with Crippen LogP contribution in [0.5, 0.6) is 0 Å². The lowest BCUT2D eigenvalue weighted by atomic mass is 10.1. The van der Waals surface area contributed by atoms with Gasteiger partial charge in [0.2, 0.25) is 5.91 Å². The Morgan fingerprint density at radius 3 is 2.42 bits per heavy atom. The van der Waals surface area contributed by atoms with Crippen molar-refractivity contribution in [1.82, 2.24) is 14.5 Å². The smallest absolute Gasteiger partial charge is 0.266 e. The van der Waals surface area contributed by atoms with Crippen LogP contribution in [0.3, 0.4) is 0 Å². The molecule has 1 unspecified atom stereocenters. The molecule has 0 aliphatic heterocycles. The standard InChI is InChI=1S/C25H30ClN3O2/c1-6-13-28(23(30)14-16(2)3)18(5)24-27-22-15-19(26)9-12-21(22)25(31)29(24)20-10-7-17(4)8-11-20/h7-12,15-16,18H,6,13-14H2,1-5H3. The zero-order valence-corrected chi connectivity index (χ0v) is 19.6. The molecule has 0 aliphatic rings. The average Bonchev–Trinajstić information content (AvgIpc) is 2.71. The molecule has 31 heavy (non-hydrogen) atoms. The summed E-state index contributed by atoms with van der Waals surface area (Å²) in [5, 5.41) is 1.02. The molecule has 6 heteroatoms. The Balaban J connectivity index is 2.25. The zero-order chi connectivity index (χ0) is 22.7. The minimum atomic E-state index is -0.372. The number of nitrogens with zero attached hydrogens (tertiary/aromatic N) is 3. The SMILES string of the molecule is CCCN(C(=O)CC(C)C)C(C)c1nc2cc(Cl)ccc2c(=O)n1-c1ccc(C)cc1.